The molecule has 0 saturated heterocycles. The number of nitriles is 1. The number of hydrogen-bond donors (Lipinski definition) is 0. The van der Waals surface area contributed by atoms with E-state index in [1.54, 1.807) is 19.1 Å². The van der Waals surface area contributed by atoms with Gasteiger partial charge in [-0.3, -0.25) is 10.1 Å². The predicted molar refractivity (Wildman–Crippen MR) is 66.9 cm³/mol. The van der Waals surface area contributed by atoms with Crippen molar-refractivity contribution in [3.63, 3.8) is 0 Å². The first-order chi connectivity index (χ1) is 9.11. The van der Waals surface area contributed by atoms with Gasteiger partial charge in [0.1, 0.15) is 6.07 Å². The molecule has 0 unspecified atom stereocenters. The van der Waals surface area contributed by atoms with Crippen LogP contribution in [0.5, 0.6) is 11.6 Å². The number of nitro benzene ring substituents is 1. The molecule has 0 fully saturated rings. The second-order valence-electron chi connectivity index (χ2n) is 3.78. The summed E-state index contributed by atoms with van der Waals surface area (Å²) >= 11 is 0. The van der Waals surface area contributed by atoms with Gasteiger partial charge in [-0.15, -0.1) is 0 Å². The van der Waals surface area contributed by atoms with Gasteiger partial charge in [0, 0.05) is 17.8 Å². The second-order valence-corrected chi connectivity index (χ2v) is 3.78. The minimum atomic E-state index is -0.492. The Kier molecular flexibility index (Phi) is 3.39. The summed E-state index contributed by atoms with van der Waals surface area (Å²) in [5, 5.41) is 19.6. The summed E-state index contributed by atoms with van der Waals surface area (Å²) in [6.07, 6.45) is 1.34. The quantitative estimate of drug-likeness (QED) is 0.621. The number of nitrogens with zero attached hydrogens (tertiary/aromatic N) is 3. The molecular weight excluding hydrogens is 246 g/mol. The number of aryl methyl sites for hydroxylation is 1. The first kappa shape index (κ1) is 12.5. The molecule has 1 aromatic heterocycles. The summed E-state index contributed by atoms with van der Waals surface area (Å²) in [7, 11) is 0. The van der Waals surface area contributed by atoms with E-state index in [9.17, 15) is 10.1 Å². The molecule has 0 radical (unpaired) electrons. The average molecular weight is 255 g/mol. The zero-order valence-electron chi connectivity index (χ0n) is 10.0. The number of pyridine rings is 1. The molecule has 2 aromatic rings. The van der Waals surface area contributed by atoms with Gasteiger partial charge in [0.05, 0.1) is 10.5 Å². The molecule has 6 heteroatoms. The van der Waals surface area contributed by atoms with Gasteiger partial charge in [-0.05, 0) is 19.1 Å². The van der Waals surface area contributed by atoms with Crippen LogP contribution >= 0.6 is 0 Å². The van der Waals surface area contributed by atoms with Gasteiger partial charge in [-0.25, -0.2) is 4.98 Å². The Bertz CT molecular complexity index is 660. The fourth-order valence-corrected chi connectivity index (χ4v) is 1.57. The molecule has 0 atom stereocenters. The van der Waals surface area contributed by atoms with Gasteiger partial charge in [-0.2, -0.15) is 5.26 Å². The van der Waals surface area contributed by atoms with Crippen LogP contribution in [0, 0.1) is 28.4 Å². The van der Waals surface area contributed by atoms with Crippen molar-refractivity contribution in [3.8, 4) is 17.7 Å². The lowest BCUT2D eigenvalue weighted by atomic mass is 10.2. The maximum absolute atomic E-state index is 11.0. The number of hydrogen-bond acceptors (Lipinski definition) is 5. The Morgan fingerprint density at radius 1 is 1.37 bits per heavy atom. The summed E-state index contributed by atoms with van der Waals surface area (Å²) in [5.74, 6) is 0.329. The largest absolute Gasteiger partial charge is 0.432 e. The Labute approximate surface area is 109 Å². The van der Waals surface area contributed by atoms with Crippen molar-refractivity contribution in [2.75, 3.05) is 0 Å². The van der Waals surface area contributed by atoms with Crippen molar-refractivity contribution < 1.29 is 9.66 Å². The van der Waals surface area contributed by atoms with Crippen molar-refractivity contribution in [1.29, 1.82) is 5.26 Å². The van der Waals surface area contributed by atoms with Crippen LogP contribution in [0.25, 0.3) is 0 Å². The Morgan fingerprint density at radius 2 is 2.16 bits per heavy atom. The highest BCUT2D eigenvalue weighted by Crippen LogP contribution is 2.33. The minimum Gasteiger partial charge on any atom is -0.432 e. The molecule has 6 nitrogen and oxygen atoms in total. The average Bonchev–Trinajstić information content (AvgIpc) is 2.39. The predicted octanol–water partition coefficient (Wildman–Crippen LogP) is 2.96. The third-order valence-electron chi connectivity index (χ3n) is 2.46. The van der Waals surface area contributed by atoms with E-state index in [1.807, 2.05) is 6.07 Å². The summed E-state index contributed by atoms with van der Waals surface area (Å²) in [6.45, 7) is 1.64. The molecule has 0 saturated carbocycles. The van der Waals surface area contributed by atoms with Crippen LogP contribution in [-0.4, -0.2) is 9.91 Å². The molecule has 0 aliphatic carbocycles. The van der Waals surface area contributed by atoms with Crippen molar-refractivity contribution in [1.82, 2.24) is 4.98 Å². The standard InChI is InChI=1S/C13H9N3O3/c1-9-3-2-4-11(13(9)16(17)18)19-12-6-5-10(7-14)8-15-12/h2-6,8H,1H3. The SMILES string of the molecule is Cc1cccc(Oc2ccc(C#N)cn2)c1[N+](=O)[O-]. The third kappa shape index (κ3) is 2.66. The first-order valence-corrected chi connectivity index (χ1v) is 5.40. The van der Waals surface area contributed by atoms with Crippen molar-refractivity contribution in [2.45, 2.75) is 6.92 Å². The Hall–Kier alpha value is -2.94. The molecule has 0 amide bonds. The second kappa shape index (κ2) is 5.14. The van der Waals surface area contributed by atoms with E-state index in [2.05, 4.69) is 4.98 Å². The smallest absolute Gasteiger partial charge is 0.314 e. The zero-order chi connectivity index (χ0) is 13.8. The highest BCUT2D eigenvalue weighted by molar-refractivity contribution is 5.53. The Morgan fingerprint density at radius 3 is 2.74 bits per heavy atom. The summed E-state index contributed by atoms with van der Waals surface area (Å²) < 4.78 is 5.39. The molecular formula is C13H9N3O3. The van der Waals surface area contributed by atoms with Crippen LogP contribution in [0.3, 0.4) is 0 Å². The van der Waals surface area contributed by atoms with Crippen LogP contribution in [0.1, 0.15) is 11.1 Å². The number of nitro groups is 1. The lowest BCUT2D eigenvalue weighted by molar-refractivity contribution is -0.386. The zero-order valence-corrected chi connectivity index (χ0v) is 10.0. The van der Waals surface area contributed by atoms with Crippen molar-refractivity contribution in [2.24, 2.45) is 0 Å². The van der Waals surface area contributed by atoms with E-state index < -0.39 is 4.92 Å². The van der Waals surface area contributed by atoms with Crippen molar-refractivity contribution >= 4 is 5.69 Å². The van der Waals surface area contributed by atoms with Gasteiger partial charge < -0.3 is 4.74 Å². The first-order valence-electron chi connectivity index (χ1n) is 5.40. The molecule has 0 aliphatic rings. The van der Waals surface area contributed by atoms with Crippen molar-refractivity contribution in [3.05, 3.63) is 57.8 Å². The maximum atomic E-state index is 11.0. The van der Waals surface area contributed by atoms with E-state index in [1.165, 1.54) is 24.4 Å². The lowest BCUT2D eigenvalue weighted by Crippen LogP contribution is -1.96. The van der Waals surface area contributed by atoms with Gasteiger partial charge >= 0.3 is 5.69 Å². The van der Waals surface area contributed by atoms with E-state index in [0.29, 0.717) is 11.1 Å². The summed E-state index contributed by atoms with van der Waals surface area (Å²) in [4.78, 5) is 14.4. The molecule has 0 aliphatic heterocycles. The van der Waals surface area contributed by atoms with Gasteiger partial charge in [-0.1, -0.05) is 12.1 Å². The highest BCUT2D eigenvalue weighted by atomic mass is 16.6. The monoisotopic (exact) mass is 255 g/mol. The molecule has 1 aromatic carbocycles. The summed E-state index contributed by atoms with van der Waals surface area (Å²) in [5.41, 5.74) is 0.816. The minimum absolute atomic E-state index is 0.0892. The van der Waals surface area contributed by atoms with E-state index in [4.69, 9.17) is 10.00 Å². The molecule has 19 heavy (non-hydrogen) atoms. The number of rotatable bonds is 3. The van der Waals surface area contributed by atoms with E-state index in [0.717, 1.165) is 0 Å². The third-order valence-corrected chi connectivity index (χ3v) is 2.46. The fraction of sp³-hybridized carbons (Fsp3) is 0.0769. The van der Waals surface area contributed by atoms with Gasteiger partial charge in [0.15, 0.2) is 0 Å². The number of ether oxygens (including phenoxy) is 1. The van der Waals surface area contributed by atoms with E-state index >= 15 is 0 Å². The molecule has 0 N–H and O–H groups in total. The normalized spacial score (nSPS) is 9.68. The van der Waals surface area contributed by atoms with Gasteiger partial charge in [0.2, 0.25) is 11.6 Å². The topological polar surface area (TPSA) is 89.0 Å². The molecule has 2 rings (SSSR count). The van der Waals surface area contributed by atoms with Crippen LogP contribution in [0.15, 0.2) is 36.5 Å². The van der Waals surface area contributed by atoms with Crippen LogP contribution in [0.2, 0.25) is 0 Å². The maximum Gasteiger partial charge on any atom is 0.314 e. The van der Waals surface area contributed by atoms with Crippen LogP contribution < -0.4 is 4.74 Å². The van der Waals surface area contributed by atoms with Crippen LogP contribution in [0.4, 0.5) is 5.69 Å². The molecule has 0 bridgehead atoms. The number of benzene rings is 1. The number of para-hydroxylation sites is 1. The van der Waals surface area contributed by atoms with E-state index in [-0.39, 0.29) is 17.3 Å². The van der Waals surface area contributed by atoms with Crippen LogP contribution in [-0.2, 0) is 0 Å². The highest BCUT2D eigenvalue weighted by Gasteiger charge is 2.18. The lowest BCUT2D eigenvalue weighted by Gasteiger charge is -2.06. The van der Waals surface area contributed by atoms with Gasteiger partial charge in [0.25, 0.3) is 0 Å². The Balaban J connectivity index is 2.35. The summed E-state index contributed by atoms with van der Waals surface area (Å²) in [6, 6.07) is 9.76. The molecule has 94 valence electrons. The molecule has 0 spiro atoms. The molecule has 1 heterocycles. The number of aromatic nitrogens is 1. The fourth-order valence-electron chi connectivity index (χ4n) is 1.57.